The third-order valence-electron chi connectivity index (χ3n) is 5.27. The van der Waals surface area contributed by atoms with Crippen LogP contribution in [-0.4, -0.2) is 25.1 Å². The van der Waals surface area contributed by atoms with Crippen molar-refractivity contribution in [3.63, 3.8) is 0 Å². The molecule has 5 rings (SSSR count). The summed E-state index contributed by atoms with van der Waals surface area (Å²) in [4.78, 5) is 0. The standard InChI is InChI=1S/C22H18FN5O2S/c1-11-8-17-20(23)19(10-16(24-17)13(11)3)30-22-26-25-21(31-22)15-5-4-14(9-18(15)29)28-7-6-12(2)27-28/h4-10,24,29H,1-3H3/p+1. The summed E-state index contributed by atoms with van der Waals surface area (Å²) in [6.45, 7) is 5.85. The van der Waals surface area contributed by atoms with Gasteiger partial charge in [-0.15, -0.1) is 5.10 Å². The highest BCUT2D eigenvalue weighted by Crippen LogP contribution is 2.37. The topological polar surface area (TPSA) is 89.7 Å². The molecule has 4 heterocycles. The highest BCUT2D eigenvalue weighted by molar-refractivity contribution is 7.16. The Bertz CT molecular complexity index is 1350. The van der Waals surface area contributed by atoms with Crippen LogP contribution >= 0.6 is 11.3 Å². The fraction of sp³-hybridized carbons (Fsp3) is 0.136. The Labute approximate surface area is 181 Å². The van der Waals surface area contributed by atoms with Crippen molar-refractivity contribution in [1.29, 1.82) is 0 Å². The molecule has 3 aromatic rings. The summed E-state index contributed by atoms with van der Waals surface area (Å²) in [6, 6.07) is 7.07. The minimum Gasteiger partial charge on any atom is -0.507 e. The second-order valence-corrected chi connectivity index (χ2v) is 8.35. The predicted octanol–water partition coefficient (Wildman–Crippen LogP) is 3.66. The van der Waals surface area contributed by atoms with Gasteiger partial charge in [0.05, 0.1) is 16.9 Å². The van der Waals surface area contributed by atoms with Crippen molar-refractivity contribution in [2.75, 3.05) is 0 Å². The van der Waals surface area contributed by atoms with Gasteiger partial charge in [-0.2, -0.15) is 9.49 Å². The Hall–Kier alpha value is -3.56. The Morgan fingerprint density at radius 2 is 1.94 bits per heavy atom. The number of nitrogens with zero attached hydrogens (tertiary/aromatic N) is 4. The van der Waals surface area contributed by atoms with Crippen LogP contribution in [0, 0.1) is 6.92 Å². The molecule has 3 N–H and O–H groups in total. The van der Waals surface area contributed by atoms with E-state index in [0.717, 1.165) is 39.6 Å². The van der Waals surface area contributed by atoms with Crippen LogP contribution < -0.4 is 10.1 Å². The van der Waals surface area contributed by atoms with Gasteiger partial charge in [0.15, 0.2) is 16.5 Å². The van der Waals surface area contributed by atoms with Gasteiger partial charge in [0.2, 0.25) is 5.83 Å². The highest BCUT2D eigenvalue weighted by Gasteiger charge is 2.29. The molecule has 1 aromatic carbocycles. The van der Waals surface area contributed by atoms with Crippen LogP contribution in [0.5, 0.6) is 10.9 Å². The van der Waals surface area contributed by atoms with Crippen LogP contribution in [0.15, 0.2) is 76.7 Å². The molecule has 0 atom stereocenters. The third-order valence-corrected chi connectivity index (χ3v) is 6.10. The van der Waals surface area contributed by atoms with Crippen LogP contribution in [0.4, 0.5) is 4.39 Å². The van der Waals surface area contributed by atoms with Gasteiger partial charge in [0.1, 0.15) is 11.4 Å². The van der Waals surface area contributed by atoms with E-state index < -0.39 is 5.83 Å². The number of aromatic nitrogens is 4. The number of hydrogen-bond acceptors (Lipinski definition) is 6. The number of ether oxygens (including phenoxy) is 1. The number of phenolic OH excluding ortho intramolecular Hbond substituents is 1. The molecule has 2 aliphatic heterocycles. The van der Waals surface area contributed by atoms with Crippen molar-refractivity contribution in [3.8, 4) is 27.2 Å². The highest BCUT2D eigenvalue weighted by atomic mass is 32.1. The van der Waals surface area contributed by atoms with E-state index in [-0.39, 0.29) is 16.7 Å². The fourth-order valence-corrected chi connectivity index (χ4v) is 4.18. The van der Waals surface area contributed by atoms with Crippen molar-refractivity contribution in [2.45, 2.75) is 20.8 Å². The molecule has 0 saturated heterocycles. The Morgan fingerprint density at radius 3 is 2.68 bits per heavy atom. The van der Waals surface area contributed by atoms with E-state index in [1.807, 2.05) is 39.1 Å². The largest absolute Gasteiger partial charge is 0.507 e. The Morgan fingerprint density at radius 1 is 1.10 bits per heavy atom. The molecule has 2 bridgehead atoms. The maximum Gasteiger partial charge on any atom is 0.299 e. The molecule has 9 heteroatoms. The number of benzene rings is 1. The number of aromatic hydroxyl groups is 1. The average molecular weight is 436 g/mol. The molecule has 0 fully saturated rings. The number of aryl methyl sites for hydroxylation is 1. The molecule has 0 aliphatic carbocycles. The molecule has 156 valence electrons. The molecule has 0 radical (unpaired) electrons. The van der Waals surface area contributed by atoms with Gasteiger partial charge in [-0.25, -0.2) is 4.68 Å². The first kappa shape index (κ1) is 19.4. The summed E-state index contributed by atoms with van der Waals surface area (Å²) in [5.41, 5.74) is 5.63. The van der Waals surface area contributed by atoms with Crippen LogP contribution in [-0.2, 0) is 0 Å². The molecule has 31 heavy (non-hydrogen) atoms. The average Bonchev–Trinajstić information content (AvgIpc) is 3.38. The lowest BCUT2D eigenvalue weighted by molar-refractivity contribution is -0.550. The monoisotopic (exact) mass is 436 g/mol. The first-order chi connectivity index (χ1) is 14.9. The molecule has 0 unspecified atom stereocenters. The second kappa shape index (κ2) is 7.29. The van der Waals surface area contributed by atoms with Crippen LogP contribution in [0.1, 0.15) is 19.5 Å². The van der Waals surface area contributed by atoms with Crippen molar-refractivity contribution >= 4 is 11.3 Å². The zero-order valence-electron chi connectivity index (χ0n) is 17.0. The lowest BCUT2D eigenvalue weighted by atomic mass is 9.98. The van der Waals surface area contributed by atoms with E-state index in [1.165, 1.54) is 0 Å². The number of quaternary nitrogens is 1. The minimum atomic E-state index is -0.436. The van der Waals surface area contributed by atoms with Gasteiger partial charge >= 0.3 is 0 Å². The van der Waals surface area contributed by atoms with E-state index in [2.05, 4.69) is 15.3 Å². The number of nitrogens with two attached hydrogens (primary N) is 1. The Kier molecular flexibility index (Phi) is 4.57. The molecule has 7 nitrogen and oxygen atoms in total. The number of halogens is 1. The molecular weight excluding hydrogens is 417 g/mol. The predicted molar refractivity (Wildman–Crippen MR) is 114 cm³/mol. The molecule has 0 spiro atoms. The van der Waals surface area contributed by atoms with E-state index in [4.69, 9.17) is 4.74 Å². The molecular formula is C22H19FN5O2S+. The maximum atomic E-state index is 14.8. The Balaban J connectivity index is 1.41. The SMILES string of the molecule is CC1=CC2=C(F)C(Oc3nnc(-c4ccc(-n5ccc(C)n5)cc4O)s3)=CC(=C1C)[NH2+]2. The summed E-state index contributed by atoms with van der Waals surface area (Å²) < 4.78 is 22.2. The van der Waals surface area contributed by atoms with Crippen LogP contribution in [0.3, 0.4) is 0 Å². The van der Waals surface area contributed by atoms with Crippen LogP contribution in [0.25, 0.3) is 16.3 Å². The minimum absolute atomic E-state index is 0.0454. The van der Waals surface area contributed by atoms with E-state index >= 15 is 0 Å². The molecule has 2 aliphatic rings. The fourth-order valence-electron chi connectivity index (χ4n) is 3.44. The lowest BCUT2D eigenvalue weighted by Crippen LogP contribution is -2.81. The van der Waals surface area contributed by atoms with Gasteiger partial charge in [-0.1, -0.05) is 16.4 Å². The zero-order valence-corrected chi connectivity index (χ0v) is 17.9. The van der Waals surface area contributed by atoms with E-state index in [0.29, 0.717) is 16.3 Å². The number of fused-ring (bicyclic) bond motifs is 2. The van der Waals surface area contributed by atoms with Crippen molar-refractivity contribution in [2.24, 2.45) is 0 Å². The first-order valence-corrected chi connectivity index (χ1v) is 10.4. The number of allylic oxidation sites excluding steroid dienone is 5. The lowest BCUT2D eigenvalue weighted by Gasteiger charge is -2.19. The smallest absolute Gasteiger partial charge is 0.299 e. The van der Waals surface area contributed by atoms with Gasteiger partial charge in [-0.05, 0) is 44.5 Å². The maximum absolute atomic E-state index is 14.8. The quantitative estimate of drug-likeness (QED) is 0.652. The van der Waals surface area contributed by atoms with Crippen molar-refractivity contribution < 1.29 is 19.6 Å². The normalized spacial score (nSPS) is 15.9. The molecule has 0 amide bonds. The van der Waals surface area contributed by atoms with Crippen molar-refractivity contribution in [1.82, 2.24) is 20.0 Å². The summed E-state index contributed by atoms with van der Waals surface area (Å²) in [6.07, 6.45) is 5.29. The molecule has 0 saturated carbocycles. The zero-order chi connectivity index (χ0) is 21.7. The second-order valence-electron chi connectivity index (χ2n) is 7.41. The number of rotatable bonds is 4. The van der Waals surface area contributed by atoms with Gasteiger partial charge < -0.3 is 9.84 Å². The molecule has 2 aromatic heterocycles. The van der Waals surface area contributed by atoms with Gasteiger partial charge in [0.25, 0.3) is 5.19 Å². The first-order valence-electron chi connectivity index (χ1n) is 9.62. The van der Waals surface area contributed by atoms with Crippen molar-refractivity contribution in [3.05, 3.63) is 82.4 Å². The van der Waals surface area contributed by atoms with Gasteiger partial charge in [0, 0.05) is 30.0 Å². The number of hydrogen-bond donors (Lipinski definition) is 2. The van der Waals surface area contributed by atoms with Crippen LogP contribution in [0.2, 0.25) is 0 Å². The van der Waals surface area contributed by atoms with E-state index in [1.54, 1.807) is 34.3 Å². The third kappa shape index (κ3) is 3.47. The summed E-state index contributed by atoms with van der Waals surface area (Å²) in [5.74, 6) is -0.287. The summed E-state index contributed by atoms with van der Waals surface area (Å²) in [5, 5.41) is 25.4. The summed E-state index contributed by atoms with van der Waals surface area (Å²) >= 11 is 1.13. The number of phenols is 1. The van der Waals surface area contributed by atoms with Gasteiger partial charge in [-0.3, -0.25) is 5.32 Å². The summed E-state index contributed by atoms with van der Waals surface area (Å²) in [7, 11) is 0. The van der Waals surface area contributed by atoms with E-state index in [9.17, 15) is 9.50 Å².